The van der Waals surface area contributed by atoms with Crippen LogP contribution in [0.2, 0.25) is 0 Å². The summed E-state index contributed by atoms with van der Waals surface area (Å²) in [6, 6.07) is 5.56. The summed E-state index contributed by atoms with van der Waals surface area (Å²) in [5.41, 5.74) is 0.766. The van der Waals surface area contributed by atoms with E-state index in [0.717, 1.165) is 24.7 Å². The van der Waals surface area contributed by atoms with Gasteiger partial charge in [-0.15, -0.1) is 0 Å². The van der Waals surface area contributed by atoms with Gasteiger partial charge in [0.1, 0.15) is 5.82 Å². The van der Waals surface area contributed by atoms with Crippen molar-refractivity contribution in [1.82, 2.24) is 10.0 Å². The standard InChI is InChI=1S/C15H21FN2O4S/c1-23(20,21)17-9-8-14(19)18-15(13-3-2-10-22-13)11-4-6-12(16)7-5-11/h4-7,13,15,17H,2-3,8-10H2,1H3,(H,18,19)/t13-,15+/m1/s1. The van der Waals surface area contributed by atoms with Gasteiger partial charge >= 0.3 is 0 Å². The van der Waals surface area contributed by atoms with Crippen LogP contribution in [0.5, 0.6) is 0 Å². The molecule has 1 amide bonds. The van der Waals surface area contributed by atoms with Crippen LogP contribution in [0, 0.1) is 5.82 Å². The highest BCUT2D eigenvalue weighted by Gasteiger charge is 2.28. The van der Waals surface area contributed by atoms with Crippen LogP contribution in [0.1, 0.15) is 30.9 Å². The molecule has 1 aliphatic rings. The zero-order chi connectivity index (χ0) is 16.9. The molecule has 6 nitrogen and oxygen atoms in total. The first-order valence-electron chi connectivity index (χ1n) is 7.46. The Balaban J connectivity index is 2.00. The summed E-state index contributed by atoms with van der Waals surface area (Å²) in [5.74, 6) is -0.630. The summed E-state index contributed by atoms with van der Waals surface area (Å²) in [5, 5.41) is 2.86. The molecule has 2 atom stereocenters. The third kappa shape index (κ3) is 5.89. The lowest BCUT2D eigenvalue weighted by molar-refractivity contribution is -0.122. The van der Waals surface area contributed by atoms with Crippen molar-refractivity contribution in [2.24, 2.45) is 0 Å². The molecule has 1 aromatic rings. The van der Waals surface area contributed by atoms with Crippen molar-refractivity contribution in [3.8, 4) is 0 Å². The third-order valence-electron chi connectivity index (χ3n) is 3.60. The fourth-order valence-corrected chi connectivity index (χ4v) is 2.99. The summed E-state index contributed by atoms with van der Waals surface area (Å²) < 4.78 is 43.0. The molecule has 128 valence electrons. The maximum atomic E-state index is 13.1. The number of halogens is 1. The smallest absolute Gasteiger partial charge is 0.221 e. The van der Waals surface area contributed by atoms with E-state index in [0.29, 0.717) is 6.61 Å². The number of sulfonamides is 1. The minimum absolute atomic E-state index is 0.0253. The lowest BCUT2D eigenvalue weighted by Crippen LogP contribution is -2.37. The summed E-state index contributed by atoms with van der Waals surface area (Å²) in [4.78, 5) is 12.1. The van der Waals surface area contributed by atoms with Crippen molar-refractivity contribution in [2.75, 3.05) is 19.4 Å². The van der Waals surface area contributed by atoms with Gasteiger partial charge in [0, 0.05) is 19.6 Å². The van der Waals surface area contributed by atoms with Crippen molar-refractivity contribution < 1.29 is 22.3 Å². The molecule has 0 bridgehead atoms. The van der Waals surface area contributed by atoms with Gasteiger partial charge in [-0.05, 0) is 30.5 Å². The molecule has 1 aromatic carbocycles. The Bertz CT molecular complexity index is 627. The van der Waals surface area contributed by atoms with E-state index in [1.54, 1.807) is 12.1 Å². The normalized spacial score (nSPS) is 19.5. The minimum atomic E-state index is -3.32. The summed E-state index contributed by atoms with van der Waals surface area (Å²) in [6.07, 6.45) is 2.63. The highest BCUT2D eigenvalue weighted by Crippen LogP contribution is 2.27. The van der Waals surface area contributed by atoms with Crippen LogP contribution in [0.25, 0.3) is 0 Å². The molecular formula is C15H21FN2O4S. The monoisotopic (exact) mass is 344 g/mol. The van der Waals surface area contributed by atoms with Crippen LogP contribution >= 0.6 is 0 Å². The zero-order valence-electron chi connectivity index (χ0n) is 12.9. The van der Waals surface area contributed by atoms with Crippen molar-refractivity contribution in [1.29, 1.82) is 0 Å². The lowest BCUT2D eigenvalue weighted by atomic mass is 9.99. The highest BCUT2D eigenvalue weighted by molar-refractivity contribution is 7.88. The second-order valence-electron chi connectivity index (χ2n) is 5.56. The van der Waals surface area contributed by atoms with E-state index < -0.39 is 10.0 Å². The van der Waals surface area contributed by atoms with E-state index in [9.17, 15) is 17.6 Å². The van der Waals surface area contributed by atoms with E-state index >= 15 is 0 Å². The van der Waals surface area contributed by atoms with Gasteiger partial charge < -0.3 is 10.1 Å². The van der Waals surface area contributed by atoms with E-state index in [1.807, 2.05) is 0 Å². The second-order valence-corrected chi connectivity index (χ2v) is 7.40. The van der Waals surface area contributed by atoms with Gasteiger partial charge in [-0.3, -0.25) is 4.79 Å². The molecule has 1 saturated heterocycles. The maximum absolute atomic E-state index is 13.1. The van der Waals surface area contributed by atoms with Crippen LogP contribution in [0.3, 0.4) is 0 Å². The molecule has 23 heavy (non-hydrogen) atoms. The molecule has 1 heterocycles. The largest absolute Gasteiger partial charge is 0.376 e. The SMILES string of the molecule is CS(=O)(=O)NCCC(=O)N[C@@H](c1ccc(F)cc1)[C@H]1CCCO1. The van der Waals surface area contributed by atoms with Crippen molar-refractivity contribution in [3.63, 3.8) is 0 Å². The molecule has 0 saturated carbocycles. The molecule has 0 unspecified atom stereocenters. The molecule has 0 spiro atoms. The van der Waals surface area contributed by atoms with E-state index in [-0.39, 0.29) is 36.8 Å². The fraction of sp³-hybridized carbons (Fsp3) is 0.533. The fourth-order valence-electron chi connectivity index (χ4n) is 2.52. The molecule has 0 aliphatic carbocycles. The first-order chi connectivity index (χ1) is 10.8. The first kappa shape index (κ1) is 17.8. The topological polar surface area (TPSA) is 84.5 Å². The third-order valence-corrected chi connectivity index (χ3v) is 4.33. The van der Waals surface area contributed by atoms with E-state index in [2.05, 4.69) is 10.0 Å². The molecule has 0 aromatic heterocycles. The quantitative estimate of drug-likeness (QED) is 0.776. The van der Waals surface area contributed by atoms with Crippen LogP contribution in [-0.2, 0) is 19.6 Å². The van der Waals surface area contributed by atoms with Crippen molar-refractivity contribution >= 4 is 15.9 Å². The average molecular weight is 344 g/mol. The van der Waals surface area contributed by atoms with Crippen molar-refractivity contribution in [2.45, 2.75) is 31.4 Å². The van der Waals surface area contributed by atoms with Crippen LogP contribution in [-0.4, -0.2) is 39.8 Å². The zero-order valence-corrected chi connectivity index (χ0v) is 13.7. The Morgan fingerprint density at radius 2 is 2.09 bits per heavy atom. The van der Waals surface area contributed by atoms with E-state index in [1.165, 1.54) is 12.1 Å². The summed E-state index contributed by atoms with van der Waals surface area (Å²) in [6.45, 7) is 0.667. The predicted octanol–water partition coefficient (Wildman–Crippen LogP) is 1.10. The summed E-state index contributed by atoms with van der Waals surface area (Å²) >= 11 is 0. The van der Waals surface area contributed by atoms with Crippen LogP contribution in [0.4, 0.5) is 4.39 Å². The molecule has 8 heteroatoms. The number of carbonyl (C=O) groups is 1. The Morgan fingerprint density at radius 3 is 2.65 bits per heavy atom. The molecule has 1 fully saturated rings. The van der Waals surface area contributed by atoms with Crippen LogP contribution < -0.4 is 10.0 Å². The van der Waals surface area contributed by atoms with Crippen molar-refractivity contribution in [3.05, 3.63) is 35.6 Å². The van der Waals surface area contributed by atoms with Gasteiger partial charge in [-0.2, -0.15) is 0 Å². The van der Waals surface area contributed by atoms with Gasteiger partial charge in [0.25, 0.3) is 0 Å². The minimum Gasteiger partial charge on any atom is -0.376 e. The Hall–Kier alpha value is -1.51. The molecule has 0 radical (unpaired) electrons. The Morgan fingerprint density at radius 1 is 1.39 bits per heavy atom. The predicted molar refractivity (Wildman–Crippen MR) is 83.7 cm³/mol. The van der Waals surface area contributed by atoms with Gasteiger partial charge in [0.05, 0.1) is 18.4 Å². The van der Waals surface area contributed by atoms with Gasteiger partial charge in [0.15, 0.2) is 0 Å². The molecule has 2 rings (SSSR count). The number of ether oxygens (including phenoxy) is 1. The average Bonchev–Trinajstić information content (AvgIpc) is 2.98. The molecule has 1 aliphatic heterocycles. The van der Waals surface area contributed by atoms with Gasteiger partial charge in [-0.1, -0.05) is 12.1 Å². The number of nitrogens with one attached hydrogen (secondary N) is 2. The number of hydrogen-bond donors (Lipinski definition) is 2. The maximum Gasteiger partial charge on any atom is 0.221 e. The number of benzene rings is 1. The van der Waals surface area contributed by atoms with Crippen LogP contribution in [0.15, 0.2) is 24.3 Å². The molecule has 2 N–H and O–H groups in total. The Kier molecular flexibility index (Phi) is 6.09. The number of carbonyl (C=O) groups excluding carboxylic acids is 1. The van der Waals surface area contributed by atoms with Gasteiger partial charge in [-0.25, -0.2) is 17.5 Å². The highest BCUT2D eigenvalue weighted by atomic mass is 32.2. The lowest BCUT2D eigenvalue weighted by Gasteiger charge is -2.25. The number of hydrogen-bond acceptors (Lipinski definition) is 4. The first-order valence-corrected chi connectivity index (χ1v) is 9.35. The summed E-state index contributed by atoms with van der Waals surface area (Å²) in [7, 11) is -3.32. The van der Waals surface area contributed by atoms with Gasteiger partial charge in [0.2, 0.25) is 15.9 Å². The number of amides is 1. The number of rotatable bonds is 7. The Labute approximate surface area is 135 Å². The van der Waals surface area contributed by atoms with E-state index in [4.69, 9.17) is 4.74 Å². The molecular weight excluding hydrogens is 323 g/mol. The second kappa shape index (κ2) is 7.85.